The fourth-order valence-electron chi connectivity index (χ4n) is 2.50. The van der Waals surface area contributed by atoms with Crippen molar-refractivity contribution >= 4 is 0 Å². The van der Waals surface area contributed by atoms with Crippen molar-refractivity contribution in [2.45, 2.75) is 13.0 Å². The van der Waals surface area contributed by atoms with Crippen molar-refractivity contribution in [3.8, 4) is 11.3 Å². The molecule has 100 valence electrons. The van der Waals surface area contributed by atoms with E-state index in [9.17, 15) is 0 Å². The van der Waals surface area contributed by atoms with Crippen molar-refractivity contribution in [2.24, 2.45) is 0 Å². The fraction of sp³-hybridized carbons (Fsp3) is 0.400. The van der Waals surface area contributed by atoms with E-state index < -0.39 is 0 Å². The van der Waals surface area contributed by atoms with Crippen molar-refractivity contribution in [2.75, 3.05) is 26.2 Å². The van der Waals surface area contributed by atoms with Gasteiger partial charge in [-0.1, -0.05) is 0 Å². The van der Waals surface area contributed by atoms with Crippen LogP contribution in [0.15, 0.2) is 41.1 Å². The molecule has 1 aliphatic rings. The maximum atomic E-state index is 5.99. The molecule has 0 aromatic carbocycles. The maximum absolute atomic E-state index is 5.99. The summed E-state index contributed by atoms with van der Waals surface area (Å²) >= 11 is 0. The first-order valence-corrected chi connectivity index (χ1v) is 6.79. The van der Waals surface area contributed by atoms with Crippen LogP contribution in [0.4, 0.5) is 0 Å². The lowest BCUT2D eigenvalue weighted by Crippen LogP contribution is -2.44. The highest BCUT2D eigenvalue weighted by atomic mass is 16.3. The molecule has 2 aromatic rings. The van der Waals surface area contributed by atoms with Gasteiger partial charge in [-0.2, -0.15) is 0 Å². The minimum absolute atomic E-state index is 0.331. The number of nitrogens with one attached hydrogen (secondary N) is 1. The molecular formula is C15H19N3O. The molecule has 0 aliphatic carbocycles. The number of hydrogen-bond acceptors (Lipinski definition) is 4. The van der Waals surface area contributed by atoms with E-state index in [1.165, 1.54) is 0 Å². The second kappa shape index (κ2) is 5.55. The van der Waals surface area contributed by atoms with Crippen molar-refractivity contribution in [3.63, 3.8) is 0 Å². The average Bonchev–Trinajstić information content (AvgIpc) is 2.98. The minimum Gasteiger partial charge on any atom is -0.459 e. The van der Waals surface area contributed by atoms with Crippen LogP contribution in [-0.4, -0.2) is 36.1 Å². The topological polar surface area (TPSA) is 41.3 Å². The van der Waals surface area contributed by atoms with Gasteiger partial charge in [0.2, 0.25) is 0 Å². The van der Waals surface area contributed by atoms with E-state index in [-0.39, 0.29) is 0 Å². The molecule has 0 saturated carbocycles. The van der Waals surface area contributed by atoms with Gasteiger partial charge >= 0.3 is 0 Å². The number of furan rings is 1. The quantitative estimate of drug-likeness (QED) is 0.916. The minimum atomic E-state index is 0.331. The van der Waals surface area contributed by atoms with Gasteiger partial charge in [0, 0.05) is 44.1 Å². The molecule has 1 N–H and O–H groups in total. The summed E-state index contributed by atoms with van der Waals surface area (Å²) in [4.78, 5) is 6.48. The molecule has 0 radical (unpaired) electrons. The van der Waals surface area contributed by atoms with E-state index in [2.05, 4.69) is 28.2 Å². The molecule has 0 amide bonds. The third-order valence-electron chi connectivity index (χ3n) is 3.70. The zero-order valence-corrected chi connectivity index (χ0v) is 11.2. The predicted octanol–water partition coefficient (Wildman–Crippen LogP) is 2.31. The Labute approximate surface area is 113 Å². The molecule has 19 heavy (non-hydrogen) atoms. The predicted molar refractivity (Wildman–Crippen MR) is 74.8 cm³/mol. The van der Waals surface area contributed by atoms with E-state index in [1.54, 1.807) is 12.4 Å². The molecule has 1 unspecified atom stereocenters. The summed E-state index contributed by atoms with van der Waals surface area (Å²) in [5.41, 5.74) is 1.08. The van der Waals surface area contributed by atoms with Gasteiger partial charge in [0.05, 0.1) is 6.04 Å². The normalized spacial score (nSPS) is 18.4. The molecular weight excluding hydrogens is 238 g/mol. The Hall–Kier alpha value is -1.65. The Morgan fingerprint density at radius 1 is 1.16 bits per heavy atom. The first kappa shape index (κ1) is 12.4. The summed E-state index contributed by atoms with van der Waals surface area (Å²) in [5.74, 6) is 1.95. The van der Waals surface area contributed by atoms with Gasteiger partial charge in [-0.25, -0.2) is 0 Å². The van der Waals surface area contributed by atoms with Gasteiger partial charge in [0.1, 0.15) is 11.5 Å². The van der Waals surface area contributed by atoms with Crippen molar-refractivity contribution < 1.29 is 4.42 Å². The van der Waals surface area contributed by atoms with Crippen LogP contribution in [0.5, 0.6) is 0 Å². The Kier molecular flexibility index (Phi) is 3.62. The van der Waals surface area contributed by atoms with Crippen molar-refractivity contribution in [1.29, 1.82) is 0 Å². The molecule has 0 spiro atoms. The number of aromatic nitrogens is 1. The van der Waals surface area contributed by atoms with Crippen molar-refractivity contribution in [3.05, 3.63) is 42.4 Å². The lowest BCUT2D eigenvalue weighted by molar-refractivity contribution is 0.167. The Morgan fingerprint density at radius 3 is 2.63 bits per heavy atom. The molecule has 4 heteroatoms. The van der Waals surface area contributed by atoms with E-state index in [0.29, 0.717) is 6.04 Å². The van der Waals surface area contributed by atoms with Crippen LogP contribution in [-0.2, 0) is 0 Å². The molecule has 3 rings (SSSR count). The molecule has 2 aromatic heterocycles. The number of rotatable bonds is 3. The van der Waals surface area contributed by atoms with Gasteiger partial charge in [-0.15, -0.1) is 0 Å². The largest absolute Gasteiger partial charge is 0.459 e. The van der Waals surface area contributed by atoms with E-state index in [1.807, 2.05) is 18.2 Å². The SMILES string of the molecule is CC(c1ccc(-c2ccncc2)o1)N1CCNCC1. The van der Waals surface area contributed by atoms with Gasteiger partial charge in [0.15, 0.2) is 0 Å². The third-order valence-corrected chi connectivity index (χ3v) is 3.70. The molecule has 1 fully saturated rings. The summed E-state index contributed by atoms with van der Waals surface area (Å²) in [5, 5.41) is 3.37. The summed E-state index contributed by atoms with van der Waals surface area (Å²) in [7, 11) is 0. The van der Waals surface area contributed by atoms with Crippen LogP contribution < -0.4 is 5.32 Å². The highest BCUT2D eigenvalue weighted by Gasteiger charge is 2.20. The van der Waals surface area contributed by atoms with Crippen LogP contribution in [0.25, 0.3) is 11.3 Å². The summed E-state index contributed by atoms with van der Waals surface area (Å²) in [6.07, 6.45) is 3.58. The second-order valence-electron chi connectivity index (χ2n) is 4.90. The highest BCUT2D eigenvalue weighted by Crippen LogP contribution is 2.27. The highest BCUT2D eigenvalue weighted by molar-refractivity contribution is 5.56. The van der Waals surface area contributed by atoms with Crippen LogP contribution in [0, 0.1) is 0 Å². The summed E-state index contributed by atoms with van der Waals surface area (Å²) < 4.78 is 5.99. The van der Waals surface area contributed by atoms with Crippen LogP contribution >= 0.6 is 0 Å². The Bertz CT molecular complexity index is 517. The smallest absolute Gasteiger partial charge is 0.134 e. The first-order chi connectivity index (χ1) is 9.34. The average molecular weight is 257 g/mol. The molecule has 1 aliphatic heterocycles. The standard InChI is InChI=1S/C15H19N3O/c1-12(18-10-8-17-9-11-18)14-2-3-15(19-14)13-4-6-16-7-5-13/h2-7,12,17H,8-11H2,1H3. The fourth-order valence-corrected chi connectivity index (χ4v) is 2.50. The molecule has 3 heterocycles. The summed E-state index contributed by atoms with van der Waals surface area (Å²) in [6, 6.07) is 8.40. The molecule has 4 nitrogen and oxygen atoms in total. The van der Waals surface area contributed by atoms with Gasteiger partial charge < -0.3 is 9.73 Å². The van der Waals surface area contributed by atoms with Gasteiger partial charge in [0.25, 0.3) is 0 Å². The van der Waals surface area contributed by atoms with Gasteiger partial charge in [-0.05, 0) is 31.2 Å². The van der Waals surface area contributed by atoms with Crippen LogP contribution in [0.2, 0.25) is 0 Å². The van der Waals surface area contributed by atoms with E-state index in [0.717, 1.165) is 43.3 Å². The zero-order valence-electron chi connectivity index (χ0n) is 11.2. The summed E-state index contributed by atoms with van der Waals surface area (Å²) in [6.45, 7) is 6.48. The third kappa shape index (κ3) is 2.69. The first-order valence-electron chi connectivity index (χ1n) is 6.79. The molecule has 0 bridgehead atoms. The van der Waals surface area contributed by atoms with Crippen molar-refractivity contribution in [1.82, 2.24) is 15.2 Å². The Balaban J connectivity index is 1.77. The zero-order chi connectivity index (χ0) is 13.1. The number of pyridine rings is 1. The number of piperazine rings is 1. The second-order valence-corrected chi connectivity index (χ2v) is 4.90. The maximum Gasteiger partial charge on any atom is 0.134 e. The van der Waals surface area contributed by atoms with E-state index in [4.69, 9.17) is 4.42 Å². The van der Waals surface area contributed by atoms with E-state index >= 15 is 0 Å². The number of nitrogens with zero attached hydrogens (tertiary/aromatic N) is 2. The Morgan fingerprint density at radius 2 is 1.89 bits per heavy atom. The monoisotopic (exact) mass is 257 g/mol. The number of hydrogen-bond donors (Lipinski definition) is 1. The van der Waals surface area contributed by atoms with Crippen LogP contribution in [0.3, 0.4) is 0 Å². The van der Waals surface area contributed by atoms with Gasteiger partial charge in [-0.3, -0.25) is 9.88 Å². The lowest BCUT2D eigenvalue weighted by atomic mass is 10.2. The molecule has 1 saturated heterocycles. The molecule has 1 atom stereocenters. The lowest BCUT2D eigenvalue weighted by Gasteiger charge is -2.31. The van der Waals surface area contributed by atoms with Crippen LogP contribution in [0.1, 0.15) is 18.7 Å².